The second kappa shape index (κ2) is 6.64. The van der Waals surface area contributed by atoms with Gasteiger partial charge in [0.05, 0.1) is 7.11 Å². The average Bonchev–Trinajstić information content (AvgIpc) is 2.57. The molecule has 8 heteroatoms. The predicted octanol–water partition coefficient (Wildman–Crippen LogP) is 3.78. The minimum Gasteiger partial charge on any atom is -0.496 e. The van der Waals surface area contributed by atoms with Crippen LogP contribution < -0.4 is 9.47 Å². The smallest absolute Gasteiger partial charge is 0.207 e. The lowest BCUT2D eigenvalue weighted by Crippen LogP contribution is -2.08. The van der Waals surface area contributed by atoms with E-state index in [0.717, 1.165) is 0 Å². The van der Waals surface area contributed by atoms with Crippen molar-refractivity contribution in [2.24, 2.45) is 0 Å². The molecule has 0 saturated heterocycles. The molecule has 3 nitrogen and oxygen atoms in total. The summed E-state index contributed by atoms with van der Waals surface area (Å²) in [4.78, 5) is 10.7. The zero-order chi connectivity index (χ0) is 17.1. The Morgan fingerprint density at radius 1 is 0.957 bits per heavy atom. The molecule has 2 aromatic rings. The summed E-state index contributed by atoms with van der Waals surface area (Å²) in [5.41, 5.74) is 0.419. The molecule has 0 aliphatic rings. The minimum absolute atomic E-state index is 0.195. The van der Waals surface area contributed by atoms with Crippen molar-refractivity contribution in [1.29, 1.82) is 0 Å². The fourth-order valence-electron chi connectivity index (χ4n) is 1.85. The van der Waals surface area contributed by atoms with Gasteiger partial charge >= 0.3 is 0 Å². The SMILES string of the molecule is COc1ccc(C=O)cc1COc1c(F)c(F)c(F)c(F)c1F. The summed E-state index contributed by atoms with van der Waals surface area (Å²) in [6, 6.07) is 4.13. The first kappa shape index (κ1) is 16.7. The summed E-state index contributed by atoms with van der Waals surface area (Å²) in [7, 11) is 1.30. The molecule has 0 amide bonds. The van der Waals surface area contributed by atoms with Crippen LogP contribution in [-0.4, -0.2) is 13.4 Å². The van der Waals surface area contributed by atoms with Gasteiger partial charge in [-0.05, 0) is 18.2 Å². The van der Waals surface area contributed by atoms with Gasteiger partial charge in [-0.15, -0.1) is 0 Å². The number of carbonyl (C=O) groups excluding carboxylic acids is 1. The van der Waals surface area contributed by atoms with Crippen molar-refractivity contribution in [3.05, 3.63) is 58.4 Å². The molecule has 0 bridgehead atoms. The molecular formula is C15H9F5O3. The van der Waals surface area contributed by atoms with E-state index in [1.807, 2.05) is 0 Å². The van der Waals surface area contributed by atoms with Crippen molar-refractivity contribution in [2.75, 3.05) is 7.11 Å². The maximum Gasteiger partial charge on any atom is 0.207 e. The van der Waals surface area contributed by atoms with E-state index < -0.39 is 41.4 Å². The van der Waals surface area contributed by atoms with Gasteiger partial charge in [-0.1, -0.05) is 0 Å². The van der Waals surface area contributed by atoms with Crippen LogP contribution in [0.2, 0.25) is 0 Å². The van der Waals surface area contributed by atoms with E-state index in [1.165, 1.54) is 25.3 Å². The predicted molar refractivity (Wildman–Crippen MR) is 68.9 cm³/mol. The van der Waals surface area contributed by atoms with E-state index in [0.29, 0.717) is 6.29 Å². The van der Waals surface area contributed by atoms with Crippen LogP contribution in [0.25, 0.3) is 0 Å². The number of carbonyl (C=O) groups is 1. The van der Waals surface area contributed by atoms with Crippen LogP contribution in [0.5, 0.6) is 11.5 Å². The number of ether oxygens (including phenoxy) is 2. The van der Waals surface area contributed by atoms with E-state index in [2.05, 4.69) is 0 Å². The second-order valence-electron chi connectivity index (χ2n) is 4.38. The number of rotatable bonds is 5. The first-order valence-electron chi connectivity index (χ1n) is 6.17. The fourth-order valence-corrected chi connectivity index (χ4v) is 1.85. The Labute approximate surface area is 127 Å². The van der Waals surface area contributed by atoms with Crippen molar-refractivity contribution in [3.63, 3.8) is 0 Å². The Balaban J connectivity index is 2.37. The summed E-state index contributed by atoms with van der Waals surface area (Å²) in [6.07, 6.45) is 0.515. The Hall–Kier alpha value is -2.64. The highest BCUT2D eigenvalue weighted by atomic mass is 19.2. The molecule has 23 heavy (non-hydrogen) atoms. The highest BCUT2D eigenvalue weighted by Crippen LogP contribution is 2.30. The van der Waals surface area contributed by atoms with Gasteiger partial charge in [0.1, 0.15) is 18.6 Å². The second-order valence-corrected chi connectivity index (χ2v) is 4.38. The Morgan fingerprint density at radius 3 is 2.04 bits per heavy atom. The zero-order valence-corrected chi connectivity index (χ0v) is 11.6. The first-order chi connectivity index (χ1) is 10.9. The topological polar surface area (TPSA) is 35.5 Å². The van der Waals surface area contributed by atoms with Crippen molar-refractivity contribution in [1.82, 2.24) is 0 Å². The first-order valence-corrected chi connectivity index (χ1v) is 6.17. The van der Waals surface area contributed by atoms with Gasteiger partial charge in [0.25, 0.3) is 0 Å². The Bertz CT molecular complexity index is 732. The maximum atomic E-state index is 13.5. The number of hydrogen-bond donors (Lipinski definition) is 0. The van der Waals surface area contributed by atoms with Gasteiger partial charge in [-0.3, -0.25) is 4.79 Å². The van der Waals surface area contributed by atoms with Gasteiger partial charge < -0.3 is 9.47 Å². The van der Waals surface area contributed by atoms with Gasteiger partial charge in [0.15, 0.2) is 5.75 Å². The van der Waals surface area contributed by atoms with Crippen LogP contribution in [-0.2, 0) is 6.61 Å². The highest BCUT2D eigenvalue weighted by Gasteiger charge is 2.27. The molecule has 0 spiro atoms. The third-order valence-electron chi connectivity index (χ3n) is 2.98. The summed E-state index contributed by atoms with van der Waals surface area (Å²) in [5, 5.41) is 0. The quantitative estimate of drug-likeness (QED) is 0.362. The molecule has 0 atom stereocenters. The molecule has 0 aliphatic carbocycles. The van der Waals surface area contributed by atoms with Gasteiger partial charge in [-0.25, -0.2) is 13.2 Å². The molecule has 0 aliphatic heterocycles. The molecule has 2 rings (SSSR count). The zero-order valence-electron chi connectivity index (χ0n) is 11.6. The average molecular weight is 332 g/mol. The monoisotopic (exact) mass is 332 g/mol. The third-order valence-corrected chi connectivity index (χ3v) is 2.98. The van der Waals surface area contributed by atoms with Crippen molar-refractivity contribution in [3.8, 4) is 11.5 Å². The van der Waals surface area contributed by atoms with E-state index in [4.69, 9.17) is 9.47 Å². The summed E-state index contributed by atoms with van der Waals surface area (Å²) >= 11 is 0. The maximum absolute atomic E-state index is 13.5. The molecule has 0 radical (unpaired) electrons. The van der Waals surface area contributed by atoms with Crippen molar-refractivity contribution >= 4 is 6.29 Å². The number of hydrogen-bond acceptors (Lipinski definition) is 3. The van der Waals surface area contributed by atoms with Crippen molar-refractivity contribution < 1.29 is 36.2 Å². The van der Waals surface area contributed by atoms with Gasteiger partial charge in [0, 0.05) is 11.1 Å². The van der Waals surface area contributed by atoms with Crippen LogP contribution in [0.3, 0.4) is 0 Å². The number of aldehydes is 1. The molecule has 0 unspecified atom stereocenters. The highest BCUT2D eigenvalue weighted by molar-refractivity contribution is 5.75. The molecule has 2 aromatic carbocycles. The van der Waals surface area contributed by atoms with Gasteiger partial charge in [-0.2, -0.15) is 8.78 Å². The molecular weight excluding hydrogens is 323 g/mol. The van der Waals surface area contributed by atoms with Crippen LogP contribution >= 0.6 is 0 Å². The van der Waals surface area contributed by atoms with E-state index >= 15 is 0 Å². The van der Waals surface area contributed by atoms with E-state index in [1.54, 1.807) is 0 Å². The number of halogens is 5. The van der Waals surface area contributed by atoms with E-state index in [9.17, 15) is 26.7 Å². The normalized spacial score (nSPS) is 10.5. The molecule has 0 aromatic heterocycles. The fraction of sp³-hybridized carbons (Fsp3) is 0.133. The van der Waals surface area contributed by atoms with E-state index in [-0.39, 0.29) is 16.9 Å². The lowest BCUT2D eigenvalue weighted by molar-refractivity contribution is 0.112. The largest absolute Gasteiger partial charge is 0.496 e. The Morgan fingerprint density at radius 2 is 1.52 bits per heavy atom. The minimum atomic E-state index is -2.27. The van der Waals surface area contributed by atoms with Gasteiger partial charge in [0.2, 0.25) is 29.1 Å². The standard InChI is InChI=1S/C15H9F5O3/c1-22-9-3-2-7(5-21)4-8(9)6-23-15-13(19)11(17)10(16)12(18)14(15)20/h2-5H,6H2,1H3. The van der Waals surface area contributed by atoms with Crippen LogP contribution in [0.15, 0.2) is 18.2 Å². The van der Waals surface area contributed by atoms with Crippen molar-refractivity contribution in [2.45, 2.75) is 6.61 Å². The van der Waals surface area contributed by atoms with Crippen LogP contribution in [0, 0.1) is 29.1 Å². The molecule has 0 fully saturated rings. The third kappa shape index (κ3) is 3.10. The molecule has 122 valence electrons. The lowest BCUT2D eigenvalue weighted by Gasteiger charge is -2.13. The summed E-state index contributed by atoms with van der Waals surface area (Å²) in [5.74, 6) is -11.8. The molecule has 0 N–H and O–H groups in total. The molecule has 0 saturated carbocycles. The number of benzene rings is 2. The van der Waals surface area contributed by atoms with Crippen LogP contribution in [0.4, 0.5) is 22.0 Å². The summed E-state index contributed by atoms with van der Waals surface area (Å²) in [6.45, 7) is -0.566. The summed E-state index contributed by atoms with van der Waals surface area (Å²) < 4.78 is 75.8. The molecule has 0 heterocycles. The lowest BCUT2D eigenvalue weighted by atomic mass is 10.1. The van der Waals surface area contributed by atoms with Crippen LogP contribution in [0.1, 0.15) is 15.9 Å². The number of methoxy groups -OCH3 is 1. The Kier molecular flexibility index (Phi) is 4.83.